The summed E-state index contributed by atoms with van der Waals surface area (Å²) in [6.07, 6.45) is 8.38. The molecule has 0 saturated heterocycles. The van der Waals surface area contributed by atoms with Crippen LogP contribution in [-0.2, 0) is 0 Å². The number of nitrogens with zero attached hydrogens (tertiary/aromatic N) is 1. The number of rotatable bonds is 4. The van der Waals surface area contributed by atoms with Crippen LogP contribution in [0.2, 0.25) is 0 Å². The average molecular weight is 252 g/mol. The highest BCUT2D eigenvalue weighted by Crippen LogP contribution is 2.37. The zero-order valence-electron chi connectivity index (χ0n) is 12.6. The topological polar surface area (TPSA) is 29.3 Å². The van der Waals surface area contributed by atoms with Crippen LogP contribution in [0.15, 0.2) is 0 Å². The molecule has 0 aliphatic heterocycles. The predicted octanol–water partition coefficient (Wildman–Crippen LogP) is 3.26. The quantitative estimate of drug-likeness (QED) is 0.832. The fourth-order valence-corrected chi connectivity index (χ4v) is 4.59. The van der Waals surface area contributed by atoms with Crippen LogP contribution in [0.1, 0.15) is 59.3 Å². The Morgan fingerprint density at radius 3 is 2.44 bits per heavy atom. The van der Waals surface area contributed by atoms with Gasteiger partial charge >= 0.3 is 0 Å². The maximum absolute atomic E-state index is 5.98. The zero-order valence-corrected chi connectivity index (χ0v) is 12.6. The van der Waals surface area contributed by atoms with E-state index in [1.54, 1.807) is 0 Å². The van der Waals surface area contributed by atoms with E-state index in [1.165, 1.54) is 45.1 Å². The van der Waals surface area contributed by atoms with Crippen molar-refractivity contribution in [2.75, 3.05) is 13.1 Å². The van der Waals surface area contributed by atoms with Crippen molar-refractivity contribution in [1.82, 2.24) is 4.90 Å². The molecule has 18 heavy (non-hydrogen) atoms. The van der Waals surface area contributed by atoms with Gasteiger partial charge in [0.25, 0.3) is 0 Å². The van der Waals surface area contributed by atoms with Crippen LogP contribution in [-0.4, -0.2) is 30.1 Å². The molecule has 0 aromatic carbocycles. The SMILES string of the molecule is CCN(C1CCC(C)CC1C)C1CCCC1CN. The van der Waals surface area contributed by atoms with Crippen LogP contribution in [0, 0.1) is 17.8 Å². The lowest BCUT2D eigenvalue weighted by atomic mass is 9.78. The van der Waals surface area contributed by atoms with Gasteiger partial charge in [0.1, 0.15) is 0 Å². The van der Waals surface area contributed by atoms with Crippen molar-refractivity contribution >= 4 is 0 Å². The molecule has 0 aromatic heterocycles. The van der Waals surface area contributed by atoms with E-state index in [9.17, 15) is 0 Å². The second-order valence-electron chi connectivity index (χ2n) is 6.79. The third-order valence-electron chi connectivity index (χ3n) is 5.53. The summed E-state index contributed by atoms with van der Waals surface area (Å²) >= 11 is 0. The van der Waals surface area contributed by atoms with E-state index < -0.39 is 0 Å². The van der Waals surface area contributed by atoms with E-state index in [1.807, 2.05) is 0 Å². The summed E-state index contributed by atoms with van der Waals surface area (Å²) in [7, 11) is 0. The molecule has 0 radical (unpaired) electrons. The van der Waals surface area contributed by atoms with Gasteiger partial charge in [-0.05, 0) is 62.9 Å². The van der Waals surface area contributed by atoms with Crippen molar-refractivity contribution in [3.63, 3.8) is 0 Å². The lowest BCUT2D eigenvalue weighted by molar-refractivity contribution is 0.0464. The maximum atomic E-state index is 5.98. The van der Waals surface area contributed by atoms with Gasteiger partial charge in [0.2, 0.25) is 0 Å². The van der Waals surface area contributed by atoms with Gasteiger partial charge in [-0.2, -0.15) is 0 Å². The van der Waals surface area contributed by atoms with Gasteiger partial charge in [-0.25, -0.2) is 0 Å². The summed E-state index contributed by atoms with van der Waals surface area (Å²) in [4.78, 5) is 2.82. The first kappa shape index (κ1) is 14.3. The minimum absolute atomic E-state index is 0.761. The van der Waals surface area contributed by atoms with Crippen LogP contribution in [0.4, 0.5) is 0 Å². The number of hydrogen-bond acceptors (Lipinski definition) is 2. The van der Waals surface area contributed by atoms with Crippen molar-refractivity contribution in [1.29, 1.82) is 0 Å². The van der Waals surface area contributed by atoms with E-state index in [-0.39, 0.29) is 0 Å². The first-order chi connectivity index (χ1) is 8.67. The van der Waals surface area contributed by atoms with Crippen LogP contribution >= 0.6 is 0 Å². The Kier molecular flexibility index (Phi) is 5.08. The molecule has 0 amide bonds. The van der Waals surface area contributed by atoms with E-state index in [2.05, 4.69) is 25.7 Å². The van der Waals surface area contributed by atoms with Crippen LogP contribution in [0.5, 0.6) is 0 Å². The summed E-state index contributed by atoms with van der Waals surface area (Å²) < 4.78 is 0. The molecular formula is C16H32N2. The van der Waals surface area contributed by atoms with Gasteiger partial charge in [0.15, 0.2) is 0 Å². The van der Waals surface area contributed by atoms with Crippen molar-refractivity contribution in [3.8, 4) is 0 Å². The van der Waals surface area contributed by atoms with E-state index in [4.69, 9.17) is 5.73 Å². The van der Waals surface area contributed by atoms with E-state index in [0.29, 0.717) is 0 Å². The molecule has 0 bridgehead atoms. The van der Waals surface area contributed by atoms with Gasteiger partial charge in [-0.1, -0.05) is 27.2 Å². The molecule has 2 nitrogen and oxygen atoms in total. The highest BCUT2D eigenvalue weighted by atomic mass is 15.2. The monoisotopic (exact) mass is 252 g/mol. The van der Waals surface area contributed by atoms with Crippen LogP contribution in [0.3, 0.4) is 0 Å². The molecule has 106 valence electrons. The van der Waals surface area contributed by atoms with Gasteiger partial charge in [-0.3, -0.25) is 4.90 Å². The first-order valence-electron chi connectivity index (χ1n) is 8.13. The summed E-state index contributed by atoms with van der Waals surface area (Å²) in [5.74, 6) is 2.56. The van der Waals surface area contributed by atoms with Crippen molar-refractivity contribution in [2.45, 2.75) is 71.4 Å². The Bertz CT molecular complexity index is 253. The molecule has 2 aliphatic carbocycles. The van der Waals surface area contributed by atoms with Gasteiger partial charge in [-0.15, -0.1) is 0 Å². The average Bonchev–Trinajstić information content (AvgIpc) is 2.81. The molecule has 5 atom stereocenters. The largest absolute Gasteiger partial charge is 0.330 e. The number of nitrogens with two attached hydrogens (primary N) is 1. The first-order valence-corrected chi connectivity index (χ1v) is 8.13. The van der Waals surface area contributed by atoms with Gasteiger partial charge < -0.3 is 5.73 Å². The molecule has 0 heterocycles. The zero-order chi connectivity index (χ0) is 13.1. The van der Waals surface area contributed by atoms with Crippen LogP contribution in [0.25, 0.3) is 0 Å². The third kappa shape index (κ3) is 2.91. The molecule has 0 aromatic rings. The lowest BCUT2D eigenvalue weighted by Crippen LogP contribution is -2.50. The van der Waals surface area contributed by atoms with E-state index >= 15 is 0 Å². The molecule has 2 rings (SSSR count). The maximum Gasteiger partial charge on any atom is 0.0138 e. The molecule has 2 saturated carbocycles. The Morgan fingerprint density at radius 1 is 1.06 bits per heavy atom. The third-order valence-corrected chi connectivity index (χ3v) is 5.53. The molecule has 2 heteroatoms. The molecule has 0 spiro atoms. The van der Waals surface area contributed by atoms with Gasteiger partial charge in [0, 0.05) is 12.1 Å². The smallest absolute Gasteiger partial charge is 0.0138 e. The molecule has 2 N–H and O–H groups in total. The normalized spacial score (nSPS) is 41.5. The molecular weight excluding hydrogens is 220 g/mol. The van der Waals surface area contributed by atoms with Crippen molar-refractivity contribution < 1.29 is 0 Å². The minimum atomic E-state index is 0.761. The summed E-state index contributed by atoms with van der Waals surface area (Å²) in [6.45, 7) is 9.33. The fraction of sp³-hybridized carbons (Fsp3) is 1.00. The highest BCUT2D eigenvalue weighted by molar-refractivity contribution is 4.92. The Labute approximate surface area is 113 Å². The Hall–Kier alpha value is -0.0800. The highest BCUT2D eigenvalue weighted by Gasteiger charge is 2.37. The standard InChI is InChI=1S/C16H32N2/c1-4-18(16-7-5-6-14(16)11-17)15-9-8-12(2)10-13(15)3/h12-16H,4-11,17H2,1-3H3. The second-order valence-corrected chi connectivity index (χ2v) is 6.79. The fourth-order valence-electron chi connectivity index (χ4n) is 4.59. The lowest BCUT2D eigenvalue weighted by Gasteiger charge is -2.44. The molecule has 5 unspecified atom stereocenters. The molecule has 2 aliphatic rings. The summed E-state index contributed by atoms with van der Waals surface area (Å²) in [6, 6.07) is 1.60. The Morgan fingerprint density at radius 2 is 1.83 bits per heavy atom. The van der Waals surface area contributed by atoms with Crippen LogP contribution < -0.4 is 5.73 Å². The van der Waals surface area contributed by atoms with Crippen molar-refractivity contribution in [3.05, 3.63) is 0 Å². The van der Waals surface area contributed by atoms with E-state index in [0.717, 1.165) is 36.4 Å². The Balaban J connectivity index is 2.03. The molecule has 2 fully saturated rings. The van der Waals surface area contributed by atoms with Crippen molar-refractivity contribution in [2.24, 2.45) is 23.5 Å². The summed E-state index contributed by atoms with van der Waals surface area (Å²) in [5, 5.41) is 0. The number of hydrogen-bond donors (Lipinski definition) is 1. The second kappa shape index (κ2) is 6.38. The summed E-state index contributed by atoms with van der Waals surface area (Å²) in [5.41, 5.74) is 5.98. The van der Waals surface area contributed by atoms with Gasteiger partial charge in [0.05, 0.1) is 0 Å². The predicted molar refractivity (Wildman–Crippen MR) is 78.5 cm³/mol. The minimum Gasteiger partial charge on any atom is -0.330 e.